The van der Waals surface area contributed by atoms with Crippen LogP contribution in [0, 0.1) is 0 Å². The summed E-state index contributed by atoms with van der Waals surface area (Å²) >= 11 is 0. The molecule has 0 spiro atoms. The van der Waals surface area contributed by atoms with Crippen LogP contribution < -0.4 is 5.32 Å². The predicted octanol–water partition coefficient (Wildman–Crippen LogP) is 1.08. The van der Waals surface area contributed by atoms with Crippen molar-refractivity contribution in [3.63, 3.8) is 0 Å². The summed E-state index contributed by atoms with van der Waals surface area (Å²) in [6.45, 7) is 1.87. The second-order valence-electron chi connectivity index (χ2n) is 3.23. The largest absolute Gasteiger partial charge is 0.379 e. The molecule has 0 aromatic carbocycles. The van der Waals surface area contributed by atoms with Crippen molar-refractivity contribution >= 4 is 5.91 Å². The Kier molecular flexibility index (Phi) is 3.53. The molecule has 3 nitrogen and oxygen atoms in total. The van der Waals surface area contributed by atoms with Crippen LogP contribution in [0.5, 0.6) is 0 Å². The fourth-order valence-corrected chi connectivity index (χ4v) is 1.68. The van der Waals surface area contributed by atoms with Gasteiger partial charge in [-0.25, -0.2) is 0 Å². The van der Waals surface area contributed by atoms with E-state index in [1.54, 1.807) is 7.11 Å². The van der Waals surface area contributed by atoms with E-state index in [2.05, 4.69) is 5.32 Å². The first-order valence-electron chi connectivity index (χ1n) is 4.60. The van der Waals surface area contributed by atoms with Crippen LogP contribution in [0.2, 0.25) is 0 Å². The summed E-state index contributed by atoms with van der Waals surface area (Å²) in [6, 6.07) is 0.252. The Labute approximate surface area is 73.5 Å². The van der Waals surface area contributed by atoms with Crippen molar-refractivity contribution in [3.05, 3.63) is 0 Å². The quantitative estimate of drug-likeness (QED) is 0.690. The predicted molar refractivity (Wildman–Crippen MR) is 46.9 cm³/mol. The van der Waals surface area contributed by atoms with Crippen molar-refractivity contribution in [2.45, 2.75) is 44.8 Å². The molecule has 3 heteroatoms. The Morgan fingerprint density at radius 3 is 2.92 bits per heavy atom. The number of carbonyl (C=O) groups excluding carboxylic acids is 1. The average molecular weight is 171 g/mol. The van der Waals surface area contributed by atoms with E-state index in [9.17, 15) is 4.79 Å². The molecule has 0 saturated heterocycles. The Bertz CT molecular complexity index is 159. The van der Waals surface area contributed by atoms with Gasteiger partial charge < -0.3 is 10.1 Å². The van der Waals surface area contributed by atoms with E-state index in [-0.39, 0.29) is 18.1 Å². The molecule has 1 fully saturated rings. The van der Waals surface area contributed by atoms with Gasteiger partial charge in [-0.05, 0) is 19.3 Å². The van der Waals surface area contributed by atoms with Crippen LogP contribution in [0.3, 0.4) is 0 Å². The van der Waals surface area contributed by atoms with Gasteiger partial charge in [0, 0.05) is 13.5 Å². The molecule has 1 aliphatic carbocycles. The Balaban J connectivity index is 2.35. The number of amides is 1. The molecule has 2 unspecified atom stereocenters. The number of hydrogen-bond acceptors (Lipinski definition) is 2. The third-order valence-corrected chi connectivity index (χ3v) is 2.42. The summed E-state index contributed by atoms with van der Waals surface area (Å²) in [5.41, 5.74) is 0. The molecule has 1 N–H and O–H groups in total. The van der Waals surface area contributed by atoms with E-state index >= 15 is 0 Å². The van der Waals surface area contributed by atoms with Crippen molar-refractivity contribution in [3.8, 4) is 0 Å². The lowest BCUT2D eigenvalue weighted by molar-refractivity contribution is -0.122. The molecule has 1 saturated carbocycles. The minimum atomic E-state index is 0.129. The first-order chi connectivity index (χ1) is 5.77. The zero-order valence-electron chi connectivity index (χ0n) is 7.80. The van der Waals surface area contributed by atoms with Gasteiger partial charge in [0.15, 0.2) is 0 Å². The summed E-state index contributed by atoms with van der Waals surface area (Å²) in [6.07, 6.45) is 4.09. The molecule has 0 heterocycles. The van der Waals surface area contributed by atoms with Crippen LogP contribution in [0.15, 0.2) is 0 Å². The molecule has 70 valence electrons. The van der Waals surface area contributed by atoms with Gasteiger partial charge in [0.1, 0.15) is 0 Å². The molecule has 1 amide bonds. The minimum Gasteiger partial charge on any atom is -0.379 e. The molecule has 0 radical (unpaired) electrons. The third-order valence-electron chi connectivity index (χ3n) is 2.42. The minimum absolute atomic E-state index is 0.129. The monoisotopic (exact) mass is 171 g/mol. The zero-order chi connectivity index (χ0) is 8.97. The van der Waals surface area contributed by atoms with Crippen molar-refractivity contribution in [1.29, 1.82) is 0 Å². The van der Waals surface area contributed by atoms with Crippen LogP contribution in [0.4, 0.5) is 0 Å². The lowest BCUT2D eigenvalue weighted by Gasteiger charge is -2.18. The maximum Gasteiger partial charge on any atom is 0.220 e. The van der Waals surface area contributed by atoms with E-state index in [1.807, 2.05) is 6.92 Å². The van der Waals surface area contributed by atoms with Crippen LogP contribution >= 0.6 is 0 Å². The lowest BCUT2D eigenvalue weighted by atomic mass is 10.2. The van der Waals surface area contributed by atoms with E-state index in [0.29, 0.717) is 6.42 Å². The summed E-state index contributed by atoms with van der Waals surface area (Å²) in [5, 5.41) is 2.97. The smallest absolute Gasteiger partial charge is 0.220 e. The number of nitrogens with one attached hydrogen (secondary N) is 1. The molecule has 2 atom stereocenters. The molecule has 1 rings (SSSR count). The summed E-state index contributed by atoms with van der Waals surface area (Å²) in [7, 11) is 1.71. The highest BCUT2D eigenvalue weighted by Gasteiger charge is 2.27. The highest BCUT2D eigenvalue weighted by Crippen LogP contribution is 2.21. The zero-order valence-corrected chi connectivity index (χ0v) is 7.80. The second kappa shape index (κ2) is 4.45. The van der Waals surface area contributed by atoms with Gasteiger partial charge >= 0.3 is 0 Å². The highest BCUT2D eigenvalue weighted by molar-refractivity contribution is 5.75. The SMILES string of the molecule is CCC(=O)NC1CCCC1OC. The van der Waals surface area contributed by atoms with Gasteiger partial charge in [-0.3, -0.25) is 4.79 Å². The van der Waals surface area contributed by atoms with E-state index in [1.165, 1.54) is 0 Å². The molecule has 1 aliphatic rings. The van der Waals surface area contributed by atoms with Gasteiger partial charge in [0.2, 0.25) is 5.91 Å². The van der Waals surface area contributed by atoms with Crippen molar-refractivity contribution in [1.82, 2.24) is 5.32 Å². The van der Waals surface area contributed by atoms with E-state index in [0.717, 1.165) is 19.3 Å². The molecule has 0 aromatic rings. The molecular formula is C9H17NO2. The van der Waals surface area contributed by atoms with Gasteiger partial charge in [-0.1, -0.05) is 6.92 Å². The Morgan fingerprint density at radius 2 is 2.33 bits per heavy atom. The Hall–Kier alpha value is -0.570. The fraction of sp³-hybridized carbons (Fsp3) is 0.889. The van der Waals surface area contributed by atoms with Crippen LogP contribution in [-0.2, 0) is 9.53 Å². The number of rotatable bonds is 3. The van der Waals surface area contributed by atoms with Crippen LogP contribution in [0.1, 0.15) is 32.6 Å². The number of methoxy groups -OCH3 is 1. The van der Waals surface area contributed by atoms with Gasteiger partial charge in [0.05, 0.1) is 12.1 Å². The average Bonchev–Trinajstić information content (AvgIpc) is 2.51. The highest BCUT2D eigenvalue weighted by atomic mass is 16.5. The van der Waals surface area contributed by atoms with Crippen molar-refractivity contribution in [2.75, 3.05) is 7.11 Å². The van der Waals surface area contributed by atoms with Gasteiger partial charge in [-0.15, -0.1) is 0 Å². The van der Waals surface area contributed by atoms with Crippen molar-refractivity contribution in [2.24, 2.45) is 0 Å². The maximum absolute atomic E-state index is 11.1. The van der Waals surface area contributed by atoms with E-state index < -0.39 is 0 Å². The molecular weight excluding hydrogens is 154 g/mol. The standard InChI is InChI=1S/C9H17NO2/c1-3-9(11)10-7-5-4-6-8(7)12-2/h7-8H,3-6H2,1-2H3,(H,10,11). The molecule has 0 bridgehead atoms. The third kappa shape index (κ3) is 2.21. The molecule has 0 aromatic heterocycles. The number of hydrogen-bond donors (Lipinski definition) is 1. The normalized spacial score (nSPS) is 28.8. The second-order valence-corrected chi connectivity index (χ2v) is 3.23. The Morgan fingerprint density at radius 1 is 1.58 bits per heavy atom. The van der Waals surface area contributed by atoms with E-state index in [4.69, 9.17) is 4.74 Å². The maximum atomic E-state index is 11.1. The number of ether oxygens (including phenoxy) is 1. The topological polar surface area (TPSA) is 38.3 Å². The van der Waals surface area contributed by atoms with Crippen LogP contribution in [0.25, 0.3) is 0 Å². The first-order valence-corrected chi connectivity index (χ1v) is 4.60. The van der Waals surface area contributed by atoms with Crippen LogP contribution in [-0.4, -0.2) is 25.2 Å². The summed E-state index contributed by atoms with van der Waals surface area (Å²) in [4.78, 5) is 11.1. The first kappa shape index (κ1) is 9.52. The molecule has 12 heavy (non-hydrogen) atoms. The van der Waals surface area contributed by atoms with Gasteiger partial charge in [0.25, 0.3) is 0 Å². The summed E-state index contributed by atoms with van der Waals surface area (Å²) in [5.74, 6) is 0.129. The fourth-order valence-electron chi connectivity index (χ4n) is 1.68. The van der Waals surface area contributed by atoms with Gasteiger partial charge in [-0.2, -0.15) is 0 Å². The summed E-state index contributed by atoms with van der Waals surface area (Å²) < 4.78 is 5.25. The van der Waals surface area contributed by atoms with Crippen molar-refractivity contribution < 1.29 is 9.53 Å². The lowest BCUT2D eigenvalue weighted by Crippen LogP contribution is -2.40. The number of carbonyl (C=O) groups is 1. The molecule has 0 aliphatic heterocycles.